The number of benzene rings is 2. The highest BCUT2D eigenvalue weighted by molar-refractivity contribution is 5.57. The molecule has 0 atom stereocenters. The second kappa shape index (κ2) is 5.32. The Morgan fingerprint density at radius 3 is 2.52 bits per heavy atom. The normalized spacial score (nSPS) is 10.6. The Kier molecular flexibility index (Phi) is 3.35. The molecule has 1 aromatic heterocycles. The molecule has 0 saturated heterocycles. The number of halogens is 3. The van der Waals surface area contributed by atoms with E-state index in [-0.39, 0.29) is 11.6 Å². The lowest BCUT2D eigenvalue weighted by atomic mass is 10.3. The van der Waals surface area contributed by atoms with Crippen LogP contribution < -0.4 is 5.32 Å². The lowest BCUT2D eigenvalue weighted by Crippen LogP contribution is -2.04. The van der Waals surface area contributed by atoms with Gasteiger partial charge in [0, 0.05) is 30.2 Å². The second-order valence-corrected chi connectivity index (χ2v) is 4.33. The highest BCUT2D eigenvalue weighted by Crippen LogP contribution is 2.24. The minimum atomic E-state index is -1.25. The number of hydrogen-bond donors (Lipinski definition) is 1. The van der Waals surface area contributed by atoms with Gasteiger partial charge in [0.15, 0.2) is 11.6 Å². The molecule has 0 amide bonds. The van der Waals surface area contributed by atoms with Gasteiger partial charge in [-0.2, -0.15) is 0 Å². The number of nitrogens with zero attached hydrogens (tertiary/aromatic N) is 2. The van der Waals surface area contributed by atoms with E-state index in [1.807, 2.05) is 30.3 Å². The van der Waals surface area contributed by atoms with Gasteiger partial charge >= 0.3 is 0 Å². The summed E-state index contributed by atoms with van der Waals surface area (Å²) >= 11 is 0. The van der Waals surface area contributed by atoms with Crippen LogP contribution in [0.1, 0.15) is 0 Å². The van der Waals surface area contributed by atoms with Gasteiger partial charge in [0.1, 0.15) is 5.82 Å². The van der Waals surface area contributed by atoms with Crippen molar-refractivity contribution in [3.8, 4) is 5.69 Å². The van der Waals surface area contributed by atoms with Crippen LogP contribution >= 0.6 is 0 Å². The number of para-hydroxylation sites is 1. The Labute approximate surface area is 118 Å². The van der Waals surface area contributed by atoms with Crippen molar-refractivity contribution < 1.29 is 13.2 Å². The molecule has 3 nitrogen and oxygen atoms in total. The quantitative estimate of drug-likeness (QED) is 0.738. The smallest absolute Gasteiger partial charge is 0.212 e. The first-order valence-corrected chi connectivity index (χ1v) is 6.15. The molecule has 0 saturated carbocycles. The number of nitrogens with one attached hydrogen (secondary N) is 1. The van der Waals surface area contributed by atoms with Gasteiger partial charge in [0.2, 0.25) is 5.95 Å². The SMILES string of the molecule is Fc1cc(F)c(F)c(Nc2nccn2-c2ccccc2)c1. The first-order chi connectivity index (χ1) is 10.1. The highest BCUT2D eigenvalue weighted by Gasteiger charge is 2.13. The molecule has 21 heavy (non-hydrogen) atoms. The molecule has 0 fully saturated rings. The molecule has 3 rings (SSSR count). The Bertz CT molecular complexity index is 769. The number of anilines is 2. The van der Waals surface area contributed by atoms with Crippen molar-refractivity contribution in [3.05, 3.63) is 72.3 Å². The molecule has 0 bridgehead atoms. The van der Waals surface area contributed by atoms with E-state index in [1.54, 1.807) is 10.8 Å². The Hall–Kier alpha value is -2.76. The van der Waals surface area contributed by atoms with Gasteiger partial charge in [-0.15, -0.1) is 0 Å². The lowest BCUT2D eigenvalue weighted by Gasteiger charge is -2.11. The summed E-state index contributed by atoms with van der Waals surface area (Å²) in [5.41, 5.74) is 0.477. The number of rotatable bonds is 3. The van der Waals surface area contributed by atoms with Crippen LogP contribution in [0.2, 0.25) is 0 Å². The molecule has 0 aliphatic heterocycles. The molecule has 106 valence electrons. The number of hydrogen-bond acceptors (Lipinski definition) is 2. The summed E-state index contributed by atoms with van der Waals surface area (Å²) in [6, 6.07) is 10.6. The Balaban J connectivity index is 1.99. The first-order valence-electron chi connectivity index (χ1n) is 6.15. The summed E-state index contributed by atoms with van der Waals surface area (Å²) in [6.45, 7) is 0. The van der Waals surface area contributed by atoms with Gasteiger partial charge in [-0.1, -0.05) is 18.2 Å². The second-order valence-electron chi connectivity index (χ2n) is 4.33. The zero-order valence-corrected chi connectivity index (χ0v) is 10.7. The van der Waals surface area contributed by atoms with Gasteiger partial charge in [-0.3, -0.25) is 4.57 Å². The van der Waals surface area contributed by atoms with Crippen molar-refractivity contribution in [1.82, 2.24) is 9.55 Å². The molecule has 1 N–H and O–H groups in total. The summed E-state index contributed by atoms with van der Waals surface area (Å²) in [7, 11) is 0. The molecule has 0 aliphatic carbocycles. The van der Waals surface area contributed by atoms with Gasteiger partial charge in [0.25, 0.3) is 0 Å². The molecular weight excluding hydrogens is 279 g/mol. The van der Waals surface area contributed by atoms with Crippen LogP contribution in [0.15, 0.2) is 54.9 Å². The third kappa shape index (κ3) is 2.60. The van der Waals surface area contributed by atoms with Crippen LogP contribution in [-0.4, -0.2) is 9.55 Å². The van der Waals surface area contributed by atoms with E-state index in [0.29, 0.717) is 6.07 Å². The van der Waals surface area contributed by atoms with Crippen molar-refractivity contribution >= 4 is 11.6 Å². The van der Waals surface area contributed by atoms with E-state index in [4.69, 9.17) is 0 Å². The van der Waals surface area contributed by atoms with E-state index in [0.717, 1.165) is 11.8 Å². The molecule has 0 spiro atoms. The van der Waals surface area contributed by atoms with Crippen molar-refractivity contribution in [1.29, 1.82) is 0 Å². The molecule has 0 aliphatic rings. The minimum absolute atomic E-state index is 0.255. The van der Waals surface area contributed by atoms with Crippen LogP contribution in [0.5, 0.6) is 0 Å². The maximum absolute atomic E-state index is 13.7. The summed E-state index contributed by atoms with van der Waals surface area (Å²) in [5.74, 6) is -3.02. The van der Waals surface area contributed by atoms with Crippen LogP contribution in [0.4, 0.5) is 24.8 Å². The maximum Gasteiger partial charge on any atom is 0.212 e. The summed E-state index contributed by atoms with van der Waals surface area (Å²) in [5, 5.41) is 2.60. The maximum atomic E-state index is 13.7. The molecule has 3 aromatic rings. The van der Waals surface area contributed by atoms with E-state index < -0.39 is 17.5 Å². The summed E-state index contributed by atoms with van der Waals surface area (Å²) in [4.78, 5) is 4.03. The fourth-order valence-corrected chi connectivity index (χ4v) is 1.96. The Morgan fingerprint density at radius 1 is 1.00 bits per heavy atom. The first kappa shape index (κ1) is 13.2. The molecular formula is C15H10F3N3. The minimum Gasteiger partial charge on any atom is -0.323 e. The van der Waals surface area contributed by atoms with Crippen LogP contribution in [0.3, 0.4) is 0 Å². The van der Waals surface area contributed by atoms with E-state index >= 15 is 0 Å². The lowest BCUT2D eigenvalue weighted by molar-refractivity contribution is 0.498. The van der Waals surface area contributed by atoms with Gasteiger partial charge in [0.05, 0.1) is 5.69 Å². The predicted molar refractivity (Wildman–Crippen MR) is 73.2 cm³/mol. The molecule has 1 heterocycles. The zero-order chi connectivity index (χ0) is 14.8. The van der Waals surface area contributed by atoms with Gasteiger partial charge < -0.3 is 5.32 Å². The molecule has 0 unspecified atom stereocenters. The highest BCUT2D eigenvalue weighted by atomic mass is 19.2. The summed E-state index contributed by atoms with van der Waals surface area (Å²) in [6.07, 6.45) is 3.16. The van der Waals surface area contributed by atoms with Crippen LogP contribution in [-0.2, 0) is 0 Å². The third-order valence-corrected chi connectivity index (χ3v) is 2.91. The van der Waals surface area contributed by atoms with E-state index in [2.05, 4.69) is 10.3 Å². The summed E-state index contributed by atoms with van der Waals surface area (Å²) < 4.78 is 41.7. The monoisotopic (exact) mass is 289 g/mol. The largest absolute Gasteiger partial charge is 0.323 e. The van der Waals surface area contributed by atoms with Gasteiger partial charge in [-0.05, 0) is 12.1 Å². The average Bonchev–Trinajstić information content (AvgIpc) is 2.93. The van der Waals surface area contributed by atoms with E-state index in [9.17, 15) is 13.2 Å². The predicted octanol–water partition coefficient (Wildman–Crippen LogP) is 4.03. The standard InChI is InChI=1S/C15H10F3N3/c16-10-8-12(17)14(18)13(9-10)20-15-19-6-7-21(15)11-4-2-1-3-5-11/h1-9H,(H,19,20). The van der Waals surface area contributed by atoms with Crippen molar-refractivity contribution in [2.45, 2.75) is 0 Å². The number of imidazole rings is 1. The van der Waals surface area contributed by atoms with E-state index in [1.165, 1.54) is 6.20 Å². The van der Waals surface area contributed by atoms with Crippen molar-refractivity contribution in [2.24, 2.45) is 0 Å². The fraction of sp³-hybridized carbons (Fsp3) is 0. The average molecular weight is 289 g/mol. The molecule has 6 heteroatoms. The molecule has 2 aromatic carbocycles. The van der Waals surface area contributed by atoms with Gasteiger partial charge in [-0.25, -0.2) is 18.2 Å². The molecule has 0 radical (unpaired) electrons. The fourth-order valence-electron chi connectivity index (χ4n) is 1.96. The zero-order valence-electron chi connectivity index (χ0n) is 10.7. The number of aromatic nitrogens is 2. The van der Waals surface area contributed by atoms with Crippen LogP contribution in [0, 0.1) is 17.5 Å². The Morgan fingerprint density at radius 2 is 1.76 bits per heavy atom. The van der Waals surface area contributed by atoms with Crippen molar-refractivity contribution in [2.75, 3.05) is 5.32 Å². The third-order valence-electron chi connectivity index (χ3n) is 2.91. The van der Waals surface area contributed by atoms with Crippen molar-refractivity contribution in [3.63, 3.8) is 0 Å². The van der Waals surface area contributed by atoms with Crippen LogP contribution in [0.25, 0.3) is 5.69 Å². The topological polar surface area (TPSA) is 29.9 Å².